The molecule has 0 saturated heterocycles. The van der Waals surface area contributed by atoms with Crippen LogP contribution in [0.3, 0.4) is 0 Å². The zero-order valence-electron chi connectivity index (χ0n) is 11.0. The molecule has 1 aliphatic carbocycles. The first kappa shape index (κ1) is 13.5. The lowest BCUT2D eigenvalue weighted by Crippen LogP contribution is -2.45. The van der Waals surface area contributed by atoms with Crippen molar-refractivity contribution in [3.63, 3.8) is 0 Å². The topological polar surface area (TPSA) is 83.0 Å². The summed E-state index contributed by atoms with van der Waals surface area (Å²) < 4.78 is 0. The van der Waals surface area contributed by atoms with Gasteiger partial charge in [0, 0.05) is 19.2 Å². The van der Waals surface area contributed by atoms with Gasteiger partial charge in [0.1, 0.15) is 5.54 Å². The van der Waals surface area contributed by atoms with Crippen LogP contribution in [0.5, 0.6) is 0 Å². The summed E-state index contributed by atoms with van der Waals surface area (Å²) in [7, 11) is 1.76. The van der Waals surface area contributed by atoms with Crippen molar-refractivity contribution in [2.24, 2.45) is 11.7 Å². The van der Waals surface area contributed by atoms with Gasteiger partial charge in [-0.3, -0.25) is 9.78 Å². The maximum Gasteiger partial charge on any atom is 0.229 e. The largest absolute Gasteiger partial charge is 0.314 e. The standard InChI is InChI=1S/C14H18N4O/c1-18(12-3-2-8-17-9-12)13(19)11-4-6-14(16,10-15)7-5-11/h2-3,8-9,11H,4-7,16H2,1H3. The number of nitrogens with zero attached hydrogens (tertiary/aromatic N) is 3. The number of carbonyl (C=O) groups excluding carboxylic acids is 1. The number of anilines is 1. The summed E-state index contributed by atoms with van der Waals surface area (Å²) in [5.41, 5.74) is 5.95. The molecule has 0 aromatic carbocycles. The molecule has 1 fully saturated rings. The summed E-state index contributed by atoms with van der Waals surface area (Å²) in [6, 6.07) is 5.81. The van der Waals surface area contributed by atoms with Gasteiger partial charge in [-0.15, -0.1) is 0 Å². The van der Waals surface area contributed by atoms with Crippen LogP contribution in [-0.2, 0) is 4.79 Å². The second-order valence-electron chi connectivity index (χ2n) is 5.15. The molecule has 1 saturated carbocycles. The zero-order valence-corrected chi connectivity index (χ0v) is 11.0. The van der Waals surface area contributed by atoms with Crippen molar-refractivity contribution >= 4 is 11.6 Å². The average molecular weight is 258 g/mol. The Kier molecular flexibility index (Phi) is 3.82. The van der Waals surface area contributed by atoms with Crippen molar-refractivity contribution in [2.45, 2.75) is 31.2 Å². The van der Waals surface area contributed by atoms with Crippen LogP contribution < -0.4 is 10.6 Å². The maximum atomic E-state index is 12.4. The number of rotatable bonds is 2. The third-order valence-electron chi connectivity index (χ3n) is 3.81. The molecule has 0 unspecified atom stereocenters. The van der Waals surface area contributed by atoms with Gasteiger partial charge in [-0.2, -0.15) is 5.26 Å². The molecule has 0 radical (unpaired) electrons. The lowest BCUT2D eigenvalue weighted by atomic mass is 9.77. The zero-order chi connectivity index (χ0) is 13.9. The normalized spacial score (nSPS) is 26.5. The number of carbonyl (C=O) groups is 1. The van der Waals surface area contributed by atoms with Gasteiger partial charge in [-0.25, -0.2) is 0 Å². The number of pyridine rings is 1. The Labute approximate surface area is 113 Å². The van der Waals surface area contributed by atoms with E-state index in [4.69, 9.17) is 11.0 Å². The van der Waals surface area contributed by atoms with E-state index in [1.807, 2.05) is 6.07 Å². The number of amides is 1. The van der Waals surface area contributed by atoms with Gasteiger partial charge in [0.2, 0.25) is 5.91 Å². The minimum Gasteiger partial charge on any atom is -0.314 e. The fraction of sp³-hybridized carbons (Fsp3) is 0.500. The van der Waals surface area contributed by atoms with E-state index in [2.05, 4.69) is 11.1 Å². The van der Waals surface area contributed by atoms with Crippen LogP contribution in [0.4, 0.5) is 5.69 Å². The van der Waals surface area contributed by atoms with E-state index < -0.39 is 5.54 Å². The third kappa shape index (κ3) is 2.91. The average Bonchev–Trinajstić information content (AvgIpc) is 2.47. The summed E-state index contributed by atoms with van der Waals surface area (Å²) in [4.78, 5) is 18.0. The van der Waals surface area contributed by atoms with Crippen LogP contribution in [0.25, 0.3) is 0 Å². The Bertz CT molecular complexity index is 486. The molecule has 0 spiro atoms. The molecule has 0 atom stereocenters. The molecule has 1 aliphatic rings. The highest BCUT2D eigenvalue weighted by Gasteiger charge is 2.35. The minimum atomic E-state index is -0.746. The molecular formula is C14H18N4O. The van der Waals surface area contributed by atoms with Crippen molar-refractivity contribution in [1.82, 2.24) is 4.98 Å². The summed E-state index contributed by atoms with van der Waals surface area (Å²) in [6.07, 6.45) is 5.86. The molecule has 2 N–H and O–H groups in total. The van der Waals surface area contributed by atoms with E-state index in [1.165, 1.54) is 0 Å². The predicted octanol–water partition coefficient (Wildman–Crippen LogP) is 1.46. The van der Waals surface area contributed by atoms with E-state index in [-0.39, 0.29) is 11.8 Å². The molecule has 1 amide bonds. The van der Waals surface area contributed by atoms with Crippen molar-refractivity contribution in [1.29, 1.82) is 5.26 Å². The fourth-order valence-corrected chi connectivity index (χ4v) is 2.44. The first-order valence-electron chi connectivity index (χ1n) is 6.43. The van der Waals surface area contributed by atoms with Crippen molar-refractivity contribution in [3.05, 3.63) is 24.5 Å². The number of nitriles is 1. The van der Waals surface area contributed by atoms with Crippen molar-refractivity contribution < 1.29 is 4.79 Å². The Morgan fingerprint density at radius 1 is 1.58 bits per heavy atom. The summed E-state index contributed by atoms with van der Waals surface area (Å²) >= 11 is 0. The van der Waals surface area contributed by atoms with E-state index in [9.17, 15) is 4.79 Å². The fourth-order valence-electron chi connectivity index (χ4n) is 2.44. The number of hydrogen-bond donors (Lipinski definition) is 1. The Morgan fingerprint density at radius 2 is 2.26 bits per heavy atom. The molecule has 1 aromatic rings. The lowest BCUT2D eigenvalue weighted by molar-refractivity contribution is -0.123. The Hall–Kier alpha value is -1.93. The molecule has 5 heteroatoms. The van der Waals surface area contributed by atoms with Gasteiger partial charge >= 0.3 is 0 Å². The quantitative estimate of drug-likeness (QED) is 0.870. The highest BCUT2D eigenvalue weighted by Crippen LogP contribution is 2.31. The molecule has 0 aliphatic heterocycles. The van der Waals surface area contributed by atoms with Gasteiger partial charge in [0.15, 0.2) is 0 Å². The Balaban J connectivity index is 2.01. The SMILES string of the molecule is CN(C(=O)C1CCC(N)(C#N)CC1)c1cccnc1. The van der Waals surface area contributed by atoms with E-state index in [0.717, 1.165) is 5.69 Å². The monoisotopic (exact) mass is 258 g/mol. The number of hydrogen-bond acceptors (Lipinski definition) is 4. The predicted molar refractivity (Wildman–Crippen MR) is 72.1 cm³/mol. The van der Waals surface area contributed by atoms with Crippen LogP contribution >= 0.6 is 0 Å². The minimum absolute atomic E-state index is 0.0461. The molecule has 100 valence electrons. The summed E-state index contributed by atoms with van der Waals surface area (Å²) in [5, 5.41) is 8.98. The second-order valence-corrected chi connectivity index (χ2v) is 5.15. The van der Waals surface area contributed by atoms with E-state index in [0.29, 0.717) is 25.7 Å². The van der Waals surface area contributed by atoms with Crippen molar-refractivity contribution in [2.75, 3.05) is 11.9 Å². The summed E-state index contributed by atoms with van der Waals surface area (Å²) in [6.45, 7) is 0. The smallest absolute Gasteiger partial charge is 0.229 e. The molecule has 2 rings (SSSR count). The van der Waals surface area contributed by atoms with Gasteiger partial charge < -0.3 is 10.6 Å². The first-order chi connectivity index (χ1) is 9.06. The highest BCUT2D eigenvalue weighted by molar-refractivity contribution is 5.94. The van der Waals surface area contributed by atoms with Gasteiger partial charge in [0.05, 0.1) is 18.0 Å². The third-order valence-corrected chi connectivity index (χ3v) is 3.81. The van der Waals surface area contributed by atoms with Crippen molar-refractivity contribution in [3.8, 4) is 6.07 Å². The number of nitrogens with two attached hydrogens (primary N) is 1. The van der Waals surface area contributed by atoms with Crippen LogP contribution in [0.1, 0.15) is 25.7 Å². The molecule has 19 heavy (non-hydrogen) atoms. The van der Waals surface area contributed by atoms with E-state index in [1.54, 1.807) is 30.4 Å². The maximum absolute atomic E-state index is 12.4. The molecule has 1 aromatic heterocycles. The van der Waals surface area contributed by atoms with Crippen LogP contribution in [0, 0.1) is 17.2 Å². The summed E-state index contributed by atoms with van der Waals surface area (Å²) in [5.74, 6) is 0.0308. The molecule has 5 nitrogen and oxygen atoms in total. The van der Waals surface area contributed by atoms with Crippen LogP contribution in [0.2, 0.25) is 0 Å². The first-order valence-corrected chi connectivity index (χ1v) is 6.43. The van der Waals surface area contributed by atoms with Gasteiger partial charge in [0.25, 0.3) is 0 Å². The Morgan fingerprint density at radius 3 is 2.79 bits per heavy atom. The van der Waals surface area contributed by atoms with Crippen LogP contribution in [0.15, 0.2) is 24.5 Å². The number of aromatic nitrogens is 1. The van der Waals surface area contributed by atoms with Gasteiger partial charge in [-0.05, 0) is 37.8 Å². The molecular weight excluding hydrogens is 240 g/mol. The molecule has 1 heterocycles. The lowest BCUT2D eigenvalue weighted by Gasteiger charge is -2.33. The molecule has 0 bridgehead atoms. The van der Waals surface area contributed by atoms with Crippen LogP contribution in [-0.4, -0.2) is 23.5 Å². The highest BCUT2D eigenvalue weighted by atomic mass is 16.2. The van der Waals surface area contributed by atoms with E-state index >= 15 is 0 Å². The van der Waals surface area contributed by atoms with Gasteiger partial charge in [-0.1, -0.05) is 0 Å². The second kappa shape index (κ2) is 5.37.